The van der Waals surface area contributed by atoms with Gasteiger partial charge in [0.2, 0.25) is 5.88 Å². The fourth-order valence-corrected chi connectivity index (χ4v) is 4.13. The SMILES string of the molecule is CCCOc1ccccc1C1C(C#N)=C(N)Oc2cc(OC(=O)COc3ccc(C(C)C)cc3)ccc21. The van der Waals surface area contributed by atoms with E-state index in [4.69, 9.17) is 24.7 Å². The number of nitrogens with zero attached hydrogens (tertiary/aromatic N) is 1. The van der Waals surface area contributed by atoms with Crippen LogP contribution in [-0.4, -0.2) is 19.2 Å². The lowest BCUT2D eigenvalue weighted by Gasteiger charge is -2.28. The number of benzene rings is 3. The molecule has 0 amide bonds. The number of carbonyl (C=O) groups is 1. The van der Waals surface area contributed by atoms with Crippen molar-refractivity contribution in [1.82, 2.24) is 0 Å². The van der Waals surface area contributed by atoms with Crippen molar-refractivity contribution in [2.45, 2.75) is 39.0 Å². The molecule has 0 spiro atoms. The van der Waals surface area contributed by atoms with Crippen molar-refractivity contribution >= 4 is 5.97 Å². The average molecular weight is 499 g/mol. The first kappa shape index (κ1) is 25.6. The van der Waals surface area contributed by atoms with Gasteiger partial charge in [-0.1, -0.05) is 57.2 Å². The zero-order valence-electron chi connectivity index (χ0n) is 21.2. The van der Waals surface area contributed by atoms with Crippen molar-refractivity contribution in [2.75, 3.05) is 13.2 Å². The Morgan fingerprint density at radius 2 is 1.76 bits per heavy atom. The van der Waals surface area contributed by atoms with Gasteiger partial charge < -0.3 is 24.7 Å². The van der Waals surface area contributed by atoms with Gasteiger partial charge >= 0.3 is 5.97 Å². The second-order valence-electron chi connectivity index (χ2n) is 9.00. The van der Waals surface area contributed by atoms with Gasteiger partial charge in [-0.2, -0.15) is 5.26 Å². The molecule has 7 nitrogen and oxygen atoms in total. The molecule has 1 heterocycles. The van der Waals surface area contributed by atoms with Gasteiger partial charge in [-0.15, -0.1) is 0 Å². The molecule has 7 heteroatoms. The number of ether oxygens (including phenoxy) is 4. The normalized spacial score (nSPS) is 14.4. The van der Waals surface area contributed by atoms with Crippen LogP contribution < -0.4 is 24.7 Å². The summed E-state index contributed by atoms with van der Waals surface area (Å²) in [7, 11) is 0. The molecule has 0 bridgehead atoms. The van der Waals surface area contributed by atoms with Crippen molar-refractivity contribution < 1.29 is 23.7 Å². The number of fused-ring (bicyclic) bond motifs is 1. The van der Waals surface area contributed by atoms with Crippen molar-refractivity contribution in [3.63, 3.8) is 0 Å². The first-order valence-corrected chi connectivity index (χ1v) is 12.3. The third kappa shape index (κ3) is 5.87. The van der Waals surface area contributed by atoms with Gasteiger partial charge in [0.15, 0.2) is 6.61 Å². The van der Waals surface area contributed by atoms with Crippen LogP contribution in [0.4, 0.5) is 0 Å². The van der Waals surface area contributed by atoms with Crippen molar-refractivity contribution in [2.24, 2.45) is 5.73 Å². The number of hydrogen-bond acceptors (Lipinski definition) is 7. The lowest BCUT2D eigenvalue weighted by Crippen LogP contribution is -2.22. The predicted octanol–water partition coefficient (Wildman–Crippen LogP) is 5.80. The molecule has 0 saturated carbocycles. The Morgan fingerprint density at radius 1 is 1.03 bits per heavy atom. The quantitative estimate of drug-likeness (QED) is 0.294. The summed E-state index contributed by atoms with van der Waals surface area (Å²) in [6, 6.07) is 22.4. The summed E-state index contributed by atoms with van der Waals surface area (Å²) in [6.07, 6.45) is 0.851. The highest BCUT2D eigenvalue weighted by Gasteiger charge is 2.33. The van der Waals surface area contributed by atoms with Gasteiger partial charge in [0.05, 0.1) is 12.5 Å². The molecule has 190 valence electrons. The topological polar surface area (TPSA) is 104 Å². The van der Waals surface area contributed by atoms with Gasteiger partial charge in [-0.05, 0) is 42.2 Å². The van der Waals surface area contributed by atoms with Crippen LogP contribution in [0, 0.1) is 11.3 Å². The third-order valence-electron chi connectivity index (χ3n) is 6.02. The zero-order valence-corrected chi connectivity index (χ0v) is 21.2. The van der Waals surface area contributed by atoms with Crippen LogP contribution in [0.3, 0.4) is 0 Å². The minimum atomic E-state index is -0.556. The molecule has 0 radical (unpaired) electrons. The minimum absolute atomic E-state index is 0.00180. The highest BCUT2D eigenvalue weighted by atomic mass is 16.6. The maximum atomic E-state index is 12.4. The third-order valence-corrected chi connectivity index (χ3v) is 6.02. The maximum absolute atomic E-state index is 12.4. The van der Waals surface area contributed by atoms with Gasteiger partial charge in [0, 0.05) is 17.2 Å². The van der Waals surface area contributed by atoms with Crippen LogP contribution in [0.2, 0.25) is 0 Å². The number of nitrogens with two attached hydrogens (primary N) is 1. The van der Waals surface area contributed by atoms with Gasteiger partial charge in [-0.25, -0.2) is 4.79 Å². The second kappa shape index (κ2) is 11.5. The molecule has 1 aliphatic rings. The summed E-state index contributed by atoms with van der Waals surface area (Å²) < 4.78 is 22.8. The highest BCUT2D eigenvalue weighted by molar-refractivity contribution is 5.74. The van der Waals surface area contributed by atoms with E-state index in [1.165, 1.54) is 5.56 Å². The number of rotatable bonds is 9. The number of nitriles is 1. The molecule has 1 aliphatic heterocycles. The molecule has 0 aromatic heterocycles. The fraction of sp³-hybridized carbons (Fsp3) is 0.267. The lowest BCUT2D eigenvalue weighted by atomic mass is 9.83. The van der Waals surface area contributed by atoms with Gasteiger partial charge in [0.1, 0.15) is 34.6 Å². The molecular weight excluding hydrogens is 468 g/mol. The Hall–Kier alpha value is -4.44. The van der Waals surface area contributed by atoms with Crippen LogP contribution >= 0.6 is 0 Å². The number of esters is 1. The predicted molar refractivity (Wildman–Crippen MR) is 140 cm³/mol. The summed E-state index contributed by atoms with van der Waals surface area (Å²) in [5.41, 5.74) is 9.15. The lowest BCUT2D eigenvalue weighted by molar-refractivity contribution is -0.136. The number of para-hydroxylation sites is 1. The van der Waals surface area contributed by atoms with Crippen LogP contribution in [0.1, 0.15) is 55.7 Å². The van der Waals surface area contributed by atoms with E-state index in [9.17, 15) is 10.1 Å². The van der Waals surface area contributed by atoms with Gasteiger partial charge in [-0.3, -0.25) is 0 Å². The smallest absolute Gasteiger partial charge is 0.349 e. The van der Waals surface area contributed by atoms with Crippen molar-refractivity contribution in [3.8, 4) is 29.1 Å². The van der Waals surface area contributed by atoms with Crippen LogP contribution in [0.5, 0.6) is 23.0 Å². The molecule has 3 aromatic rings. The molecule has 0 saturated heterocycles. The number of allylic oxidation sites excluding steroid dienone is 1. The highest BCUT2D eigenvalue weighted by Crippen LogP contribution is 2.45. The Kier molecular flexibility index (Phi) is 7.99. The number of hydrogen-bond donors (Lipinski definition) is 1. The Balaban J connectivity index is 1.53. The fourth-order valence-electron chi connectivity index (χ4n) is 4.13. The Morgan fingerprint density at radius 3 is 2.46 bits per heavy atom. The van der Waals surface area contributed by atoms with E-state index >= 15 is 0 Å². The zero-order chi connectivity index (χ0) is 26.4. The van der Waals surface area contributed by atoms with Gasteiger partial charge in [0.25, 0.3) is 0 Å². The average Bonchev–Trinajstić information content (AvgIpc) is 2.90. The van der Waals surface area contributed by atoms with Crippen LogP contribution in [0.25, 0.3) is 0 Å². The summed E-state index contributed by atoms with van der Waals surface area (Å²) in [6.45, 7) is 6.56. The molecule has 1 unspecified atom stereocenters. The summed E-state index contributed by atoms with van der Waals surface area (Å²) >= 11 is 0. The van der Waals surface area contributed by atoms with E-state index in [-0.39, 0.29) is 18.2 Å². The molecule has 4 rings (SSSR count). The first-order valence-electron chi connectivity index (χ1n) is 12.3. The van der Waals surface area contributed by atoms with Crippen molar-refractivity contribution in [3.05, 3.63) is 94.9 Å². The van der Waals surface area contributed by atoms with Crippen LogP contribution in [0.15, 0.2) is 78.2 Å². The Bertz CT molecular complexity index is 1340. The largest absolute Gasteiger partial charge is 0.493 e. The molecule has 37 heavy (non-hydrogen) atoms. The molecule has 1 atom stereocenters. The minimum Gasteiger partial charge on any atom is -0.493 e. The van der Waals surface area contributed by atoms with E-state index in [0.29, 0.717) is 35.3 Å². The standard InChI is InChI=1S/C30H30N2O5/c1-4-15-34-26-8-6-5-7-23(26)29-24-14-13-22(16-27(24)37-30(32)25(29)17-31)36-28(33)18-35-21-11-9-20(10-12-21)19(2)3/h5-14,16,19,29H,4,15,18,32H2,1-3H3. The summed E-state index contributed by atoms with van der Waals surface area (Å²) in [4.78, 5) is 12.4. The first-order chi connectivity index (χ1) is 17.9. The van der Waals surface area contributed by atoms with E-state index in [1.54, 1.807) is 18.2 Å². The monoisotopic (exact) mass is 498 g/mol. The molecule has 0 fully saturated rings. The van der Waals surface area contributed by atoms with E-state index in [0.717, 1.165) is 17.5 Å². The molecular formula is C30H30N2O5. The van der Waals surface area contributed by atoms with E-state index < -0.39 is 11.9 Å². The Labute approximate surface area is 217 Å². The summed E-state index contributed by atoms with van der Waals surface area (Å²) in [5, 5.41) is 9.86. The van der Waals surface area contributed by atoms with E-state index in [2.05, 4.69) is 19.9 Å². The molecule has 0 aliphatic carbocycles. The van der Waals surface area contributed by atoms with E-state index in [1.807, 2.05) is 55.5 Å². The molecule has 2 N–H and O–H groups in total. The summed E-state index contributed by atoms with van der Waals surface area (Å²) in [5.74, 6) is 1.33. The van der Waals surface area contributed by atoms with Crippen molar-refractivity contribution in [1.29, 1.82) is 5.26 Å². The molecule has 3 aromatic carbocycles. The van der Waals surface area contributed by atoms with Crippen LogP contribution in [-0.2, 0) is 4.79 Å². The second-order valence-corrected chi connectivity index (χ2v) is 9.00. The number of carbonyl (C=O) groups excluding carboxylic acids is 1. The maximum Gasteiger partial charge on any atom is 0.349 e.